The number of carbonyl (C=O) groups excluding carboxylic acids is 1. The van der Waals surface area contributed by atoms with E-state index in [1.54, 1.807) is 18.0 Å². The van der Waals surface area contributed by atoms with Crippen LogP contribution in [0, 0.1) is 6.92 Å². The molecule has 5 rings (SSSR count). The SMILES string of the molecule is Cc1ccc(CSc2nc3ccncc3n2Cc2ccc(C(=O)NCC3CCCO3)cc2)cc1. The zero-order valence-electron chi connectivity index (χ0n) is 19.2. The van der Waals surface area contributed by atoms with Crippen LogP contribution in [0.4, 0.5) is 0 Å². The van der Waals surface area contributed by atoms with Crippen molar-refractivity contribution in [3.63, 3.8) is 0 Å². The van der Waals surface area contributed by atoms with E-state index in [1.807, 2.05) is 36.5 Å². The molecule has 2 aromatic heterocycles. The van der Waals surface area contributed by atoms with E-state index in [2.05, 4.69) is 46.1 Å². The number of amides is 1. The van der Waals surface area contributed by atoms with Gasteiger partial charge in [-0.1, -0.05) is 53.7 Å². The normalized spacial score (nSPS) is 15.6. The number of rotatable bonds is 8. The van der Waals surface area contributed by atoms with Gasteiger partial charge in [0.2, 0.25) is 0 Å². The summed E-state index contributed by atoms with van der Waals surface area (Å²) >= 11 is 1.73. The fraction of sp³-hybridized carbons (Fsp3) is 0.296. The highest BCUT2D eigenvalue weighted by Crippen LogP contribution is 2.27. The molecule has 0 aliphatic carbocycles. The summed E-state index contributed by atoms with van der Waals surface area (Å²) in [5.41, 5.74) is 6.24. The fourth-order valence-electron chi connectivity index (χ4n) is 4.10. The molecule has 1 saturated heterocycles. The minimum Gasteiger partial charge on any atom is -0.376 e. The van der Waals surface area contributed by atoms with Gasteiger partial charge in [0.25, 0.3) is 5.91 Å². The van der Waals surface area contributed by atoms with E-state index >= 15 is 0 Å². The summed E-state index contributed by atoms with van der Waals surface area (Å²) in [6, 6.07) is 18.4. The number of nitrogens with zero attached hydrogens (tertiary/aromatic N) is 3. The van der Waals surface area contributed by atoms with Crippen molar-refractivity contribution in [2.24, 2.45) is 0 Å². The number of pyridine rings is 1. The first-order valence-corrected chi connectivity index (χ1v) is 12.6. The Bertz CT molecular complexity index is 1260. The van der Waals surface area contributed by atoms with Gasteiger partial charge in [-0.05, 0) is 49.1 Å². The molecule has 3 heterocycles. The van der Waals surface area contributed by atoms with Gasteiger partial charge in [-0.2, -0.15) is 0 Å². The maximum Gasteiger partial charge on any atom is 0.251 e. The molecule has 0 radical (unpaired) electrons. The topological polar surface area (TPSA) is 69.0 Å². The van der Waals surface area contributed by atoms with E-state index < -0.39 is 0 Å². The molecule has 1 amide bonds. The Balaban J connectivity index is 1.30. The first kappa shape index (κ1) is 22.6. The lowest BCUT2D eigenvalue weighted by molar-refractivity contribution is 0.0858. The number of hydrogen-bond donors (Lipinski definition) is 1. The summed E-state index contributed by atoms with van der Waals surface area (Å²) in [6.45, 7) is 4.12. The van der Waals surface area contributed by atoms with Crippen LogP contribution in [0.2, 0.25) is 0 Å². The first-order valence-electron chi connectivity index (χ1n) is 11.6. The summed E-state index contributed by atoms with van der Waals surface area (Å²) in [4.78, 5) is 21.7. The van der Waals surface area contributed by atoms with Crippen LogP contribution in [0.1, 0.15) is 39.9 Å². The van der Waals surface area contributed by atoms with E-state index in [0.717, 1.165) is 47.0 Å². The maximum atomic E-state index is 12.5. The Morgan fingerprint density at radius 2 is 1.91 bits per heavy atom. The molecule has 0 bridgehead atoms. The molecular formula is C27H28N4O2S. The number of carbonyl (C=O) groups is 1. The highest BCUT2D eigenvalue weighted by molar-refractivity contribution is 7.98. The van der Waals surface area contributed by atoms with Crippen molar-refractivity contribution in [1.82, 2.24) is 19.9 Å². The fourth-order valence-corrected chi connectivity index (χ4v) is 5.07. The standard InChI is InChI=1S/C27H28N4O2S/c1-19-4-6-21(7-5-19)18-34-27-30-24-12-13-28-16-25(24)31(27)17-20-8-10-22(11-9-20)26(32)29-15-23-3-2-14-33-23/h4-13,16,23H,2-3,14-15,17-18H2,1H3,(H,29,32). The van der Waals surface area contributed by atoms with E-state index in [1.165, 1.54) is 11.1 Å². The number of imidazole rings is 1. The maximum absolute atomic E-state index is 12.5. The molecule has 34 heavy (non-hydrogen) atoms. The molecule has 1 N–H and O–H groups in total. The number of benzene rings is 2. The van der Waals surface area contributed by atoms with Gasteiger partial charge in [-0.3, -0.25) is 9.78 Å². The van der Waals surface area contributed by atoms with Gasteiger partial charge >= 0.3 is 0 Å². The molecule has 2 aromatic carbocycles. The third kappa shape index (κ3) is 5.32. The van der Waals surface area contributed by atoms with Gasteiger partial charge in [0.05, 0.1) is 29.9 Å². The van der Waals surface area contributed by atoms with Crippen molar-refractivity contribution in [1.29, 1.82) is 0 Å². The zero-order chi connectivity index (χ0) is 23.3. The smallest absolute Gasteiger partial charge is 0.251 e. The monoisotopic (exact) mass is 472 g/mol. The molecule has 174 valence electrons. The molecule has 1 unspecified atom stereocenters. The van der Waals surface area contributed by atoms with Crippen molar-refractivity contribution in [2.45, 2.75) is 43.3 Å². The summed E-state index contributed by atoms with van der Waals surface area (Å²) in [7, 11) is 0. The summed E-state index contributed by atoms with van der Waals surface area (Å²) < 4.78 is 7.79. The number of nitrogens with one attached hydrogen (secondary N) is 1. The number of fused-ring (bicyclic) bond motifs is 1. The molecule has 1 aliphatic rings. The Morgan fingerprint density at radius 1 is 1.12 bits per heavy atom. The van der Waals surface area contributed by atoms with Crippen molar-refractivity contribution in [3.05, 3.63) is 89.2 Å². The molecule has 0 saturated carbocycles. The minimum absolute atomic E-state index is 0.0614. The van der Waals surface area contributed by atoms with Crippen LogP contribution in [0.15, 0.2) is 72.1 Å². The quantitative estimate of drug-likeness (QED) is 0.366. The summed E-state index contributed by atoms with van der Waals surface area (Å²) in [6.07, 6.45) is 5.86. The largest absolute Gasteiger partial charge is 0.376 e. The molecular weight excluding hydrogens is 444 g/mol. The molecule has 4 aromatic rings. The second kappa shape index (κ2) is 10.4. The van der Waals surface area contributed by atoms with Crippen LogP contribution >= 0.6 is 11.8 Å². The van der Waals surface area contributed by atoms with E-state index in [0.29, 0.717) is 18.7 Å². The van der Waals surface area contributed by atoms with Crippen LogP contribution < -0.4 is 5.32 Å². The van der Waals surface area contributed by atoms with E-state index in [-0.39, 0.29) is 12.0 Å². The number of ether oxygens (including phenoxy) is 1. The predicted octanol–water partition coefficient (Wildman–Crippen LogP) is 4.99. The van der Waals surface area contributed by atoms with E-state index in [9.17, 15) is 4.79 Å². The lowest BCUT2D eigenvalue weighted by atomic mass is 10.1. The Kier molecular flexibility index (Phi) is 6.92. The number of aromatic nitrogens is 3. The van der Waals surface area contributed by atoms with Gasteiger partial charge in [0, 0.05) is 30.7 Å². The van der Waals surface area contributed by atoms with Crippen molar-refractivity contribution in [3.8, 4) is 0 Å². The Morgan fingerprint density at radius 3 is 2.68 bits per heavy atom. The number of thioether (sulfide) groups is 1. The summed E-state index contributed by atoms with van der Waals surface area (Å²) in [5.74, 6) is 0.787. The van der Waals surface area contributed by atoms with Crippen LogP contribution in [0.5, 0.6) is 0 Å². The molecule has 6 nitrogen and oxygen atoms in total. The van der Waals surface area contributed by atoms with Crippen molar-refractivity contribution in [2.75, 3.05) is 13.2 Å². The number of hydrogen-bond acceptors (Lipinski definition) is 5. The first-order chi connectivity index (χ1) is 16.7. The van der Waals surface area contributed by atoms with Crippen LogP contribution in [-0.2, 0) is 17.0 Å². The highest BCUT2D eigenvalue weighted by atomic mass is 32.2. The van der Waals surface area contributed by atoms with Crippen LogP contribution in [0.3, 0.4) is 0 Å². The third-order valence-electron chi connectivity index (χ3n) is 6.08. The van der Waals surface area contributed by atoms with Gasteiger partial charge < -0.3 is 14.6 Å². The Labute approximate surface area is 203 Å². The third-order valence-corrected chi connectivity index (χ3v) is 7.12. The highest BCUT2D eigenvalue weighted by Gasteiger charge is 2.17. The van der Waals surface area contributed by atoms with E-state index in [4.69, 9.17) is 9.72 Å². The van der Waals surface area contributed by atoms with Gasteiger partial charge in [-0.25, -0.2) is 4.98 Å². The molecule has 1 aliphatic heterocycles. The Hall–Kier alpha value is -3.16. The molecule has 0 spiro atoms. The van der Waals surface area contributed by atoms with Crippen molar-refractivity contribution >= 4 is 28.7 Å². The minimum atomic E-state index is -0.0614. The van der Waals surface area contributed by atoms with Crippen LogP contribution in [0.25, 0.3) is 11.0 Å². The predicted molar refractivity (Wildman–Crippen MR) is 135 cm³/mol. The average Bonchev–Trinajstić information content (AvgIpc) is 3.51. The van der Waals surface area contributed by atoms with Gasteiger partial charge in [-0.15, -0.1) is 0 Å². The number of aryl methyl sites for hydroxylation is 1. The molecule has 1 atom stereocenters. The average molecular weight is 473 g/mol. The lowest BCUT2D eigenvalue weighted by Crippen LogP contribution is -2.31. The zero-order valence-corrected chi connectivity index (χ0v) is 20.1. The lowest BCUT2D eigenvalue weighted by Gasteiger charge is -2.12. The summed E-state index contributed by atoms with van der Waals surface area (Å²) in [5, 5.41) is 3.94. The van der Waals surface area contributed by atoms with Gasteiger partial charge in [0.1, 0.15) is 0 Å². The molecule has 7 heteroatoms. The van der Waals surface area contributed by atoms with Gasteiger partial charge in [0.15, 0.2) is 5.16 Å². The second-order valence-corrected chi connectivity index (χ2v) is 9.60. The molecule has 1 fully saturated rings. The van der Waals surface area contributed by atoms with Crippen LogP contribution in [-0.4, -0.2) is 39.7 Å². The van der Waals surface area contributed by atoms with Crippen molar-refractivity contribution < 1.29 is 9.53 Å². The second-order valence-electron chi connectivity index (χ2n) is 8.66.